The summed E-state index contributed by atoms with van der Waals surface area (Å²) in [6, 6.07) is 12.4. The fourth-order valence-electron chi connectivity index (χ4n) is 4.30. The van der Waals surface area contributed by atoms with Gasteiger partial charge in [0.15, 0.2) is 0 Å². The molecule has 0 bridgehead atoms. The average molecular weight is 406 g/mol. The van der Waals surface area contributed by atoms with E-state index in [0.29, 0.717) is 12.3 Å². The number of aromatic nitrogens is 2. The molecule has 0 spiro atoms. The van der Waals surface area contributed by atoms with Crippen LogP contribution in [0.1, 0.15) is 36.0 Å². The first-order valence-corrected chi connectivity index (χ1v) is 10.9. The number of rotatable bonds is 6. The highest BCUT2D eigenvalue weighted by molar-refractivity contribution is 5.77. The monoisotopic (exact) mass is 405 g/mol. The zero-order valence-electron chi connectivity index (χ0n) is 18.2. The van der Waals surface area contributed by atoms with Crippen LogP contribution in [0.15, 0.2) is 42.7 Å². The largest absolute Gasteiger partial charge is 0.497 e. The highest BCUT2D eigenvalue weighted by atomic mass is 16.5. The maximum absolute atomic E-state index is 12.6. The van der Waals surface area contributed by atoms with Gasteiger partial charge >= 0.3 is 0 Å². The number of imidazole rings is 1. The molecule has 0 N–H and O–H groups in total. The van der Waals surface area contributed by atoms with Gasteiger partial charge in [-0.05, 0) is 80.0 Å². The van der Waals surface area contributed by atoms with Crippen LogP contribution in [0.4, 0.5) is 0 Å². The van der Waals surface area contributed by atoms with Gasteiger partial charge in [0.1, 0.15) is 5.75 Å². The smallest absolute Gasteiger partial charge is 0.222 e. The Morgan fingerprint density at radius 1 is 1.10 bits per heavy atom. The van der Waals surface area contributed by atoms with Crippen molar-refractivity contribution < 1.29 is 9.53 Å². The van der Waals surface area contributed by atoms with Crippen LogP contribution in [0.2, 0.25) is 0 Å². The first kappa shape index (κ1) is 20.5. The number of carbonyl (C=O) groups excluding carboxylic acids is 1. The number of fused-ring (bicyclic) bond motifs is 1. The van der Waals surface area contributed by atoms with E-state index in [0.717, 1.165) is 50.2 Å². The van der Waals surface area contributed by atoms with Gasteiger partial charge in [-0.25, -0.2) is 4.98 Å². The maximum atomic E-state index is 12.6. The summed E-state index contributed by atoms with van der Waals surface area (Å²) in [5.41, 5.74) is 6.06. The summed E-state index contributed by atoms with van der Waals surface area (Å²) in [7, 11) is 1.67. The molecule has 0 aliphatic carbocycles. The SMILES string of the molecule is COc1ccc(CCC(=O)N2CCC(Cn3cnc4cc(C)c(C)cc43)CC2)cc1. The number of hydrogen-bond acceptors (Lipinski definition) is 3. The van der Waals surface area contributed by atoms with Crippen LogP contribution in [0.3, 0.4) is 0 Å². The lowest BCUT2D eigenvalue weighted by molar-refractivity contribution is -0.132. The van der Waals surface area contributed by atoms with Crippen LogP contribution in [-0.4, -0.2) is 40.6 Å². The average Bonchev–Trinajstić information content (AvgIpc) is 3.14. The second-order valence-corrected chi connectivity index (χ2v) is 8.49. The Labute approximate surface area is 178 Å². The number of aryl methyl sites for hydroxylation is 3. The van der Waals surface area contributed by atoms with Gasteiger partial charge in [0.25, 0.3) is 0 Å². The molecule has 0 atom stereocenters. The van der Waals surface area contributed by atoms with Crippen LogP contribution in [0.25, 0.3) is 11.0 Å². The lowest BCUT2D eigenvalue weighted by Crippen LogP contribution is -2.39. The van der Waals surface area contributed by atoms with E-state index >= 15 is 0 Å². The lowest BCUT2D eigenvalue weighted by Gasteiger charge is -2.32. The van der Waals surface area contributed by atoms with E-state index in [1.54, 1.807) is 7.11 Å². The molecule has 158 valence electrons. The second-order valence-electron chi connectivity index (χ2n) is 8.49. The molecule has 1 fully saturated rings. The van der Waals surface area contributed by atoms with E-state index in [2.05, 4.69) is 35.5 Å². The van der Waals surface area contributed by atoms with Crippen molar-refractivity contribution in [2.75, 3.05) is 20.2 Å². The fraction of sp³-hybridized carbons (Fsp3) is 0.440. The number of amides is 1. The molecule has 0 unspecified atom stereocenters. The van der Waals surface area contributed by atoms with Crippen LogP contribution < -0.4 is 4.74 Å². The molecule has 30 heavy (non-hydrogen) atoms. The number of nitrogens with zero attached hydrogens (tertiary/aromatic N) is 3. The first-order chi connectivity index (χ1) is 14.5. The Morgan fingerprint density at radius 3 is 2.50 bits per heavy atom. The molecule has 1 aromatic heterocycles. The third-order valence-corrected chi connectivity index (χ3v) is 6.45. The zero-order chi connectivity index (χ0) is 21.1. The summed E-state index contributed by atoms with van der Waals surface area (Å²) in [6.07, 6.45) is 5.43. The Hall–Kier alpha value is -2.82. The highest BCUT2D eigenvalue weighted by Crippen LogP contribution is 2.24. The second kappa shape index (κ2) is 8.90. The number of carbonyl (C=O) groups is 1. The molecule has 1 saturated heterocycles. The molecule has 5 heteroatoms. The molecule has 2 heterocycles. The highest BCUT2D eigenvalue weighted by Gasteiger charge is 2.23. The molecule has 3 aromatic rings. The molecule has 1 aliphatic heterocycles. The predicted molar refractivity (Wildman–Crippen MR) is 120 cm³/mol. The van der Waals surface area contributed by atoms with Gasteiger partial charge in [-0.3, -0.25) is 4.79 Å². The van der Waals surface area contributed by atoms with Gasteiger partial charge in [0, 0.05) is 26.1 Å². The van der Waals surface area contributed by atoms with Gasteiger partial charge in [-0.2, -0.15) is 0 Å². The van der Waals surface area contributed by atoms with E-state index in [1.165, 1.54) is 22.2 Å². The van der Waals surface area contributed by atoms with Crippen molar-refractivity contribution in [2.45, 2.75) is 46.1 Å². The van der Waals surface area contributed by atoms with E-state index in [9.17, 15) is 4.79 Å². The van der Waals surface area contributed by atoms with Gasteiger partial charge < -0.3 is 14.2 Å². The number of methoxy groups -OCH3 is 1. The van der Waals surface area contributed by atoms with E-state index in [4.69, 9.17) is 4.74 Å². The molecule has 4 rings (SSSR count). The fourth-order valence-corrected chi connectivity index (χ4v) is 4.30. The molecule has 0 radical (unpaired) electrons. The third kappa shape index (κ3) is 4.50. The summed E-state index contributed by atoms with van der Waals surface area (Å²) in [6.45, 7) is 6.98. The number of piperidine rings is 1. The van der Waals surface area contributed by atoms with Crippen LogP contribution in [0, 0.1) is 19.8 Å². The summed E-state index contributed by atoms with van der Waals surface area (Å²) < 4.78 is 7.48. The Bertz CT molecular complexity index is 1010. The first-order valence-electron chi connectivity index (χ1n) is 10.9. The van der Waals surface area contributed by atoms with E-state index in [1.807, 2.05) is 35.5 Å². The van der Waals surface area contributed by atoms with Crippen LogP contribution in [0.5, 0.6) is 5.75 Å². The topological polar surface area (TPSA) is 47.4 Å². The van der Waals surface area contributed by atoms with Crippen molar-refractivity contribution in [3.05, 3.63) is 59.4 Å². The molecule has 0 saturated carbocycles. The molecule has 1 amide bonds. The summed E-state index contributed by atoms with van der Waals surface area (Å²) >= 11 is 0. The molecule has 1 aliphatic rings. The minimum atomic E-state index is 0.267. The summed E-state index contributed by atoms with van der Waals surface area (Å²) in [5, 5.41) is 0. The Kier molecular flexibility index (Phi) is 6.07. The van der Waals surface area contributed by atoms with E-state index < -0.39 is 0 Å². The number of ether oxygens (including phenoxy) is 1. The molecule has 2 aromatic carbocycles. The minimum Gasteiger partial charge on any atom is -0.497 e. The zero-order valence-corrected chi connectivity index (χ0v) is 18.2. The molecular formula is C25H31N3O2. The van der Waals surface area contributed by atoms with Gasteiger partial charge in [0.05, 0.1) is 24.5 Å². The predicted octanol–water partition coefficient (Wildman–Crippen LogP) is 4.53. The standard InChI is InChI=1S/C25H31N3O2/c1-18-14-23-24(15-19(18)2)28(17-26-23)16-21-10-12-27(13-11-21)25(29)9-6-20-4-7-22(30-3)8-5-20/h4-5,7-8,14-15,17,21H,6,9-13,16H2,1-3H3. The van der Waals surface area contributed by atoms with Crippen LogP contribution in [-0.2, 0) is 17.8 Å². The molecule has 5 nitrogen and oxygen atoms in total. The van der Waals surface area contributed by atoms with Crippen molar-refractivity contribution in [2.24, 2.45) is 5.92 Å². The summed E-state index contributed by atoms with van der Waals surface area (Å²) in [5.74, 6) is 1.71. The Morgan fingerprint density at radius 2 is 1.80 bits per heavy atom. The van der Waals surface area contributed by atoms with Gasteiger partial charge in [-0.1, -0.05) is 12.1 Å². The van der Waals surface area contributed by atoms with E-state index in [-0.39, 0.29) is 5.91 Å². The van der Waals surface area contributed by atoms with Crippen molar-refractivity contribution in [3.63, 3.8) is 0 Å². The van der Waals surface area contributed by atoms with Gasteiger partial charge in [0.2, 0.25) is 5.91 Å². The number of hydrogen-bond donors (Lipinski definition) is 0. The van der Waals surface area contributed by atoms with Crippen molar-refractivity contribution in [1.29, 1.82) is 0 Å². The number of likely N-dealkylation sites (tertiary alicyclic amines) is 1. The van der Waals surface area contributed by atoms with Crippen molar-refractivity contribution >= 4 is 16.9 Å². The Balaban J connectivity index is 1.28. The molecular weight excluding hydrogens is 374 g/mol. The normalized spacial score (nSPS) is 15.0. The quantitative estimate of drug-likeness (QED) is 0.605. The minimum absolute atomic E-state index is 0.267. The summed E-state index contributed by atoms with van der Waals surface area (Å²) in [4.78, 5) is 19.3. The number of benzene rings is 2. The van der Waals surface area contributed by atoms with Crippen molar-refractivity contribution in [1.82, 2.24) is 14.5 Å². The third-order valence-electron chi connectivity index (χ3n) is 6.45. The van der Waals surface area contributed by atoms with Crippen molar-refractivity contribution in [3.8, 4) is 5.75 Å². The van der Waals surface area contributed by atoms with Gasteiger partial charge in [-0.15, -0.1) is 0 Å². The maximum Gasteiger partial charge on any atom is 0.222 e. The van der Waals surface area contributed by atoms with Crippen LogP contribution >= 0.6 is 0 Å². The lowest BCUT2D eigenvalue weighted by atomic mass is 9.96.